The fourth-order valence-corrected chi connectivity index (χ4v) is 2.49. The highest BCUT2D eigenvalue weighted by Crippen LogP contribution is 2.21. The minimum Gasteiger partial charge on any atom is -0.310 e. The predicted molar refractivity (Wildman–Crippen MR) is 80.8 cm³/mol. The van der Waals surface area contributed by atoms with E-state index in [0.29, 0.717) is 6.04 Å². The van der Waals surface area contributed by atoms with Gasteiger partial charge in [0.25, 0.3) is 0 Å². The van der Waals surface area contributed by atoms with Crippen LogP contribution in [0, 0.1) is 5.82 Å². The van der Waals surface area contributed by atoms with Crippen LogP contribution in [-0.4, -0.2) is 6.54 Å². The molecule has 1 aromatic rings. The van der Waals surface area contributed by atoms with Gasteiger partial charge in [-0.2, -0.15) is 0 Å². The normalized spacial score (nSPS) is 12.6. The van der Waals surface area contributed by atoms with Crippen LogP contribution in [0.2, 0.25) is 0 Å². The highest BCUT2D eigenvalue weighted by atomic mass is 19.1. The van der Waals surface area contributed by atoms with Crippen molar-refractivity contribution in [3.05, 3.63) is 35.6 Å². The van der Waals surface area contributed by atoms with Crippen LogP contribution >= 0.6 is 0 Å². The van der Waals surface area contributed by atoms with Crippen LogP contribution < -0.4 is 5.32 Å². The zero-order valence-electron chi connectivity index (χ0n) is 12.4. The fourth-order valence-electron chi connectivity index (χ4n) is 2.49. The number of benzene rings is 1. The van der Waals surface area contributed by atoms with E-state index in [2.05, 4.69) is 19.2 Å². The average molecular weight is 265 g/mol. The summed E-state index contributed by atoms with van der Waals surface area (Å²) in [6.07, 6.45) is 8.93. The van der Waals surface area contributed by atoms with Crippen molar-refractivity contribution in [1.82, 2.24) is 5.32 Å². The van der Waals surface area contributed by atoms with Crippen LogP contribution in [0.25, 0.3) is 0 Å². The second-order valence-electron chi connectivity index (χ2n) is 5.22. The Balaban J connectivity index is 2.36. The molecule has 1 nitrogen and oxygen atoms in total. The van der Waals surface area contributed by atoms with Crippen LogP contribution in [0.3, 0.4) is 0 Å². The number of rotatable bonds is 10. The van der Waals surface area contributed by atoms with E-state index in [-0.39, 0.29) is 5.82 Å². The summed E-state index contributed by atoms with van der Waals surface area (Å²) in [5, 5.41) is 3.46. The summed E-state index contributed by atoms with van der Waals surface area (Å²) < 4.78 is 13.3. The minimum absolute atomic E-state index is 0.136. The monoisotopic (exact) mass is 265 g/mol. The third-order valence-electron chi connectivity index (χ3n) is 3.55. The molecule has 0 fully saturated rings. The molecular formula is C17H28FN. The van der Waals surface area contributed by atoms with Gasteiger partial charge in [0, 0.05) is 6.04 Å². The van der Waals surface area contributed by atoms with E-state index in [1.54, 1.807) is 12.1 Å². The minimum atomic E-state index is -0.136. The average Bonchev–Trinajstić information content (AvgIpc) is 2.41. The molecule has 108 valence electrons. The Morgan fingerprint density at radius 2 is 1.79 bits per heavy atom. The lowest BCUT2D eigenvalue weighted by Crippen LogP contribution is -2.20. The molecule has 0 radical (unpaired) electrons. The van der Waals surface area contributed by atoms with E-state index in [9.17, 15) is 4.39 Å². The quantitative estimate of drug-likeness (QED) is 0.571. The van der Waals surface area contributed by atoms with E-state index in [0.717, 1.165) is 18.5 Å². The van der Waals surface area contributed by atoms with Crippen molar-refractivity contribution in [3.8, 4) is 0 Å². The Bertz CT molecular complexity index is 338. The lowest BCUT2D eigenvalue weighted by molar-refractivity contribution is 0.474. The van der Waals surface area contributed by atoms with E-state index in [4.69, 9.17) is 0 Å². The molecule has 1 N–H and O–H groups in total. The topological polar surface area (TPSA) is 12.0 Å². The summed E-state index contributed by atoms with van der Waals surface area (Å²) in [4.78, 5) is 0. The fraction of sp³-hybridized carbons (Fsp3) is 0.647. The summed E-state index contributed by atoms with van der Waals surface area (Å²) >= 11 is 0. The SMILES string of the molecule is CCCCCCCCC(NCC)c1cccc(F)c1. The largest absolute Gasteiger partial charge is 0.310 e. The van der Waals surface area contributed by atoms with Gasteiger partial charge >= 0.3 is 0 Å². The summed E-state index contributed by atoms with van der Waals surface area (Å²) in [5.74, 6) is -0.136. The first kappa shape index (κ1) is 16.2. The number of nitrogens with one attached hydrogen (secondary N) is 1. The Labute approximate surface area is 117 Å². The lowest BCUT2D eigenvalue weighted by atomic mass is 9.99. The number of unbranched alkanes of at least 4 members (excludes halogenated alkanes) is 5. The van der Waals surface area contributed by atoms with Crippen molar-refractivity contribution in [3.63, 3.8) is 0 Å². The van der Waals surface area contributed by atoms with Gasteiger partial charge < -0.3 is 5.32 Å². The molecule has 19 heavy (non-hydrogen) atoms. The zero-order valence-corrected chi connectivity index (χ0v) is 12.4. The van der Waals surface area contributed by atoms with Crippen molar-refractivity contribution in [2.24, 2.45) is 0 Å². The maximum Gasteiger partial charge on any atom is 0.123 e. The maximum absolute atomic E-state index is 13.3. The number of halogens is 1. The number of hydrogen-bond donors (Lipinski definition) is 1. The van der Waals surface area contributed by atoms with Crippen molar-refractivity contribution in [2.75, 3.05) is 6.54 Å². The summed E-state index contributed by atoms with van der Waals surface area (Å²) in [5.41, 5.74) is 1.08. The van der Waals surface area contributed by atoms with Crippen molar-refractivity contribution >= 4 is 0 Å². The van der Waals surface area contributed by atoms with Gasteiger partial charge in [0.2, 0.25) is 0 Å². The molecule has 0 amide bonds. The first-order valence-electron chi connectivity index (χ1n) is 7.76. The second kappa shape index (κ2) is 9.96. The molecule has 0 heterocycles. The van der Waals surface area contributed by atoms with Crippen LogP contribution in [0.1, 0.15) is 70.4 Å². The van der Waals surface area contributed by atoms with Gasteiger partial charge in [-0.15, -0.1) is 0 Å². The number of hydrogen-bond acceptors (Lipinski definition) is 1. The van der Waals surface area contributed by atoms with Crippen molar-refractivity contribution in [2.45, 2.75) is 64.8 Å². The van der Waals surface area contributed by atoms with Crippen molar-refractivity contribution in [1.29, 1.82) is 0 Å². The maximum atomic E-state index is 13.3. The van der Waals surface area contributed by atoms with Gasteiger partial charge in [-0.1, -0.05) is 64.5 Å². The highest BCUT2D eigenvalue weighted by molar-refractivity contribution is 5.20. The van der Waals surface area contributed by atoms with E-state index >= 15 is 0 Å². The van der Waals surface area contributed by atoms with Gasteiger partial charge in [-0.3, -0.25) is 0 Å². The second-order valence-corrected chi connectivity index (χ2v) is 5.22. The van der Waals surface area contributed by atoms with Crippen LogP contribution in [0.15, 0.2) is 24.3 Å². The van der Waals surface area contributed by atoms with Gasteiger partial charge in [0.05, 0.1) is 0 Å². The lowest BCUT2D eigenvalue weighted by Gasteiger charge is -2.18. The molecule has 0 bridgehead atoms. The molecule has 1 unspecified atom stereocenters. The smallest absolute Gasteiger partial charge is 0.123 e. The summed E-state index contributed by atoms with van der Waals surface area (Å²) in [6.45, 7) is 5.27. The molecule has 0 aliphatic carbocycles. The van der Waals surface area contributed by atoms with Gasteiger partial charge in [0.1, 0.15) is 5.82 Å². The van der Waals surface area contributed by atoms with E-state index in [1.807, 2.05) is 6.07 Å². The first-order chi connectivity index (χ1) is 9.27. The summed E-state index contributed by atoms with van der Waals surface area (Å²) in [6, 6.07) is 7.29. The predicted octanol–water partition coefficient (Wildman–Crippen LogP) is 5.23. The zero-order chi connectivity index (χ0) is 13.9. The van der Waals surface area contributed by atoms with E-state index in [1.165, 1.54) is 44.6 Å². The first-order valence-corrected chi connectivity index (χ1v) is 7.76. The summed E-state index contributed by atoms with van der Waals surface area (Å²) in [7, 11) is 0. The third kappa shape index (κ3) is 6.72. The molecule has 2 heteroatoms. The molecule has 0 aliphatic heterocycles. The molecular weight excluding hydrogens is 237 g/mol. The van der Waals surface area contributed by atoms with Gasteiger partial charge in [0.15, 0.2) is 0 Å². The highest BCUT2D eigenvalue weighted by Gasteiger charge is 2.10. The molecule has 0 aliphatic rings. The molecule has 0 spiro atoms. The molecule has 1 rings (SSSR count). The molecule has 0 aromatic heterocycles. The molecule has 0 saturated carbocycles. The van der Waals surface area contributed by atoms with E-state index < -0.39 is 0 Å². The molecule has 1 aromatic carbocycles. The van der Waals surface area contributed by atoms with Crippen molar-refractivity contribution < 1.29 is 4.39 Å². The Kier molecular flexibility index (Phi) is 8.48. The third-order valence-corrected chi connectivity index (χ3v) is 3.55. The van der Waals surface area contributed by atoms with Crippen LogP contribution in [0.4, 0.5) is 4.39 Å². The molecule has 0 saturated heterocycles. The van der Waals surface area contributed by atoms with Crippen LogP contribution in [-0.2, 0) is 0 Å². The van der Waals surface area contributed by atoms with Gasteiger partial charge in [-0.05, 0) is 30.7 Å². The Hall–Kier alpha value is -0.890. The van der Waals surface area contributed by atoms with Crippen LogP contribution in [0.5, 0.6) is 0 Å². The van der Waals surface area contributed by atoms with Gasteiger partial charge in [-0.25, -0.2) is 4.39 Å². The Morgan fingerprint density at radius 3 is 2.47 bits per heavy atom. The molecule has 1 atom stereocenters. The Morgan fingerprint density at radius 1 is 1.05 bits per heavy atom. The standard InChI is InChI=1S/C17H28FN/c1-3-5-6-7-8-9-13-17(19-4-2)15-11-10-12-16(18)14-15/h10-12,14,17,19H,3-9,13H2,1-2H3.